The Bertz CT molecular complexity index is 608. The summed E-state index contributed by atoms with van der Waals surface area (Å²) in [7, 11) is 0. The maximum absolute atomic E-state index is 6.12. The van der Waals surface area contributed by atoms with Crippen molar-refractivity contribution in [2.45, 2.75) is 13.5 Å². The maximum atomic E-state index is 6.12. The van der Waals surface area contributed by atoms with Crippen LogP contribution >= 0.6 is 39.1 Å². The molecular formula is C14H13BrCl2N2O. The number of nitrogens with zero attached hydrogens (tertiary/aromatic N) is 1. The third-order valence-electron chi connectivity index (χ3n) is 2.53. The Hall–Kier alpha value is -0.970. The van der Waals surface area contributed by atoms with Crippen LogP contribution in [-0.4, -0.2) is 11.5 Å². The molecule has 1 aromatic carbocycles. The molecule has 1 heterocycles. The molecule has 0 aliphatic rings. The minimum atomic E-state index is 0.258. The zero-order chi connectivity index (χ0) is 14.5. The van der Waals surface area contributed by atoms with E-state index in [4.69, 9.17) is 27.9 Å². The Kier molecular flexibility index (Phi) is 5.52. The molecule has 0 saturated heterocycles. The van der Waals surface area contributed by atoms with E-state index in [1.807, 2.05) is 25.1 Å². The third kappa shape index (κ3) is 4.01. The quantitative estimate of drug-likeness (QED) is 0.783. The Morgan fingerprint density at radius 3 is 2.70 bits per heavy atom. The predicted octanol–water partition coefficient (Wildman–Crippen LogP) is 5.16. The minimum absolute atomic E-state index is 0.258. The molecule has 0 aliphatic heterocycles. The molecule has 2 aromatic rings. The van der Waals surface area contributed by atoms with E-state index in [-0.39, 0.29) is 6.61 Å². The number of halogens is 3. The monoisotopic (exact) mass is 374 g/mol. The van der Waals surface area contributed by atoms with Crippen LogP contribution in [0.25, 0.3) is 0 Å². The fraction of sp³-hybridized carbons (Fsp3) is 0.214. The molecule has 20 heavy (non-hydrogen) atoms. The SMILES string of the molecule is CCNc1ccc(Cl)c(COc2cc(Br)ccc2Cl)n1. The molecular weight excluding hydrogens is 363 g/mol. The number of hydrogen-bond donors (Lipinski definition) is 1. The lowest BCUT2D eigenvalue weighted by Gasteiger charge is -2.10. The van der Waals surface area contributed by atoms with Crippen molar-refractivity contribution in [3.05, 3.63) is 50.5 Å². The van der Waals surface area contributed by atoms with Crippen LogP contribution in [0.15, 0.2) is 34.8 Å². The van der Waals surface area contributed by atoms with E-state index in [1.54, 1.807) is 12.1 Å². The second-order valence-corrected chi connectivity index (χ2v) is 5.75. The molecule has 0 aliphatic carbocycles. The van der Waals surface area contributed by atoms with Gasteiger partial charge >= 0.3 is 0 Å². The lowest BCUT2D eigenvalue weighted by Crippen LogP contribution is -2.04. The lowest BCUT2D eigenvalue weighted by atomic mass is 10.3. The largest absolute Gasteiger partial charge is 0.486 e. The zero-order valence-corrected chi connectivity index (χ0v) is 13.9. The topological polar surface area (TPSA) is 34.1 Å². The summed E-state index contributed by atoms with van der Waals surface area (Å²) in [5, 5.41) is 4.25. The van der Waals surface area contributed by atoms with Crippen molar-refractivity contribution < 1.29 is 4.74 Å². The van der Waals surface area contributed by atoms with Gasteiger partial charge < -0.3 is 10.1 Å². The van der Waals surface area contributed by atoms with Crippen molar-refractivity contribution in [1.82, 2.24) is 4.98 Å². The van der Waals surface area contributed by atoms with Gasteiger partial charge in [-0.2, -0.15) is 0 Å². The number of benzene rings is 1. The summed E-state index contributed by atoms with van der Waals surface area (Å²) >= 11 is 15.6. The van der Waals surface area contributed by atoms with Gasteiger partial charge in [-0.1, -0.05) is 39.1 Å². The van der Waals surface area contributed by atoms with Gasteiger partial charge in [0.15, 0.2) is 0 Å². The van der Waals surface area contributed by atoms with Gasteiger partial charge in [0.05, 0.1) is 15.7 Å². The van der Waals surface area contributed by atoms with Crippen molar-refractivity contribution >= 4 is 44.9 Å². The molecule has 0 radical (unpaired) electrons. The van der Waals surface area contributed by atoms with E-state index in [0.29, 0.717) is 21.5 Å². The molecule has 6 heteroatoms. The summed E-state index contributed by atoms with van der Waals surface area (Å²) in [5.74, 6) is 1.36. The molecule has 106 valence electrons. The molecule has 0 unspecified atom stereocenters. The highest BCUT2D eigenvalue weighted by atomic mass is 79.9. The van der Waals surface area contributed by atoms with Crippen molar-refractivity contribution in [3.63, 3.8) is 0 Å². The van der Waals surface area contributed by atoms with Gasteiger partial charge in [0.1, 0.15) is 18.2 Å². The minimum Gasteiger partial charge on any atom is -0.486 e. The van der Waals surface area contributed by atoms with E-state index in [9.17, 15) is 0 Å². The Morgan fingerprint density at radius 1 is 1.20 bits per heavy atom. The normalized spacial score (nSPS) is 10.4. The van der Waals surface area contributed by atoms with Crippen molar-refractivity contribution in [2.24, 2.45) is 0 Å². The first-order valence-corrected chi connectivity index (χ1v) is 7.62. The van der Waals surface area contributed by atoms with Crippen molar-refractivity contribution in [3.8, 4) is 5.75 Å². The van der Waals surface area contributed by atoms with E-state index in [0.717, 1.165) is 16.8 Å². The molecule has 0 fully saturated rings. The third-order valence-corrected chi connectivity index (χ3v) is 3.68. The predicted molar refractivity (Wildman–Crippen MR) is 86.9 cm³/mol. The first-order valence-electron chi connectivity index (χ1n) is 6.07. The molecule has 0 amide bonds. The Morgan fingerprint density at radius 2 is 1.95 bits per heavy atom. The summed E-state index contributed by atoms with van der Waals surface area (Å²) in [6, 6.07) is 9.07. The van der Waals surface area contributed by atoms with Crippen LogP contribution in [0.2, 0.25) is 10.0 Å². The fourth-order valence-electron chi connectivity index (χ4n) is 1.60. The van der Waals surface area contributed by atoms with E-state index < -0.39 is 0 Å². The van der Waals surface area contributed by atoms with Crippen LogP contribution < -0.4 is 10.1 Å². The molecule has 0 atom stereocenters. The smallest absolute Gasteiger partial charge is 0.139 e. The molecule has 3 nitrogen and oxygen atoms in total. The summed E-state index contributed by atoms with van der Waals surface area (Å²) < 4.78 is 6.58. The Balaban J connectivity index is 2.13. The first-order chi connectivity index (χ1) is 9.60. The highest BCUT2D eigenvalue weighted by molar-refractivity contribution is 9.10. The average molecular weight is 376 g/mol. The highest BCUT2D eigenvalue weighted by Gasteiger charge is 2.07. The zero-order valence-electron chi connectivity index (χ0n) is 10.8. The second-order valence-electron chi connectivity index (χ2n) is 4.02. The van der Waals surface area contributed by atoms with Gasteiger partial charge in [-0.05, 0) is 37.3 Å². The second kappa shape index (κ2) is 7.16. The highest BCUT2D eigenvalue weighted by Crippen LogP contribution is 2.29. The van der Waals surface area contributed by atoms with Gasteiger partial charge in [-0.3, -0.25) is 0 Å². The first kappa shape index (κ1) is 15.4. The molecule has 0 saturated carbocycles. The van der Waals surface area contributed by atoms with E-state index >= 15 is 0 Å². The molecule has 1 aromatic heterocycles. The molecule has 0 bridgehead atoms. The van der Waals surface area contributed by atoms with Crippen LogP contribution in [0.4, 0.5) is 5.82 Å². The van der Waals surface area contributed by atoms with E-state index in [2.05, 4.69) is 26.2 Å². The van der Waals surface area contributed by atoms with Gasteiger partial charge in [-0.25, -0.2) is 4.98 Å². The summed E-state index contributed by atoms with van der Waals surface area (Å²) in [5.41, 5.74) is 0.668. The van der Waals surface area contributed by atoms with Crippen LogP contribution in [0, 0.1) is 0 Å². The number of hydrogen-bond acceptors (Lipinski definition) is 3. The summed E-state index contributed by atoms with van der Waals surface area (Å²) in [6.45, 7) is 3.06. The summed E-state index contributed by atoms with van der Waals surface area (Å²) in [4.78, 5) is 4.41. The standard InChI is InChI=1S/C14H13BrCl2N2O/c1-2-18-14-6-5-10(16)12(19-14)8-20-13-7-9(15)3-4-11(13)17/h3-7H,2,8H2,1H3,(H,18,19). The van der Waals surface area contributed by atoms with Gasteiger partial charge in [0.25, 0.3) is 0 Å². The Labute approximate surface area is 136 Å². The maximum Gasteiger partial charge on any atom is 0.139 e. The van der Waals surface area contributed by atoms with Crippen LogP contribution in [0.1, 0.15) is 12.6 Å². The number of aromatic nitrogens is 1. The van der Waals surface area contributed by atoms with Crippen molar-refractivity contribution in [1.29, 1.82) is 0 Å². The number of pyridine rings is 1. The number of nitrogens with one attached hydrogen (secondary N) is 1. The van der Waals surface area contributed by atoms with Crippen LogP contribution in [-0.2, 0) is 6.61 Å². The lowest BCUT2D eigenvalue weighted by molar-refractivity contribution is 0.301. The van der Waals surface area contributed by atoms with Gasteiger partial charge in [0.2, 0.25) is 0 Å². The number of anilines is 1. The van der Waals surface area contributed by atoms with Gasteiger partial charge in [0, 0.05) is 11.0 Å². The number of ether oxygens (including phenoxy) is 1. The van der Waals surface area contributed by atoms with Crippen LogP contribution in [0.3, 0.4) is 0 Å². The molecule has 1 N–H and O–H groups in total. The fourth-order valence-corrected chi connectivity index (χ4v) is 2.27. The molecule has 2 rings (SSSR count). The van der Waals surface area contributed by atoms with Crippen LogP contribution in [0.5, 0.6) is 5.75 Å². The molecule has 0 spiro atoms. The van der Waals surface area contributed by atoms with Crippen molar-refractivity contribution in [2.75, 3.05) is 11.9 Å². The summed E-state index contributed by atoms with van der Waals surface area (Å²) in [6.07, 6.45) is 0. The van der Waals surface area contributed by atoms with Gasteiger partial charge in [-0.15, -0.1) is 0 Å². The average Bonchev–Trinajstić information content (AvgIpc) is 2.43. The van der Waals surface area contributed by atoms with E-state index in [1.165, 1.54) is 0 Å². The number of rotatable bonds is 5.